The summed E-state index contributed by atoms with van der Waals surface area (Å²) >= 11 is 11.7. The molecular formula is C12H13Cl2NSi. The number of hydrogen-bond donors (Lipinski definition) is 0. The summed E-state index contributed by atoms with van der Waals surface area (Å²) in [6, 6.07) is 5.20. The van der Waals surface area contributed by atoms with Gasteiger partial charge in [-0.05, 0) is 18.2 Å². The van der Waals surface area contributed by atoms with Gasteiger partial charge in [-0.25, -0.2) is 4.99 Å². The van der Waals surface area contributed by atoms with Crippen molar-refractivity contribution in [3.63, 3.8) is 0 Å². The molecule has 4 heteroatoms. The van der Waals surface area contributed by atoms with Crippen LogP contribution in [0.1, 0.15) is 0 Å². The first-order chi connectivity index (χ1) is 7.38. The second-order valence-electron chi connectivity index (χ2n) is 4.37. The van der Waals surface area contributed by atoms with Crippen molar-refractivity contribution in [3.05, 3.63) is 28.2 Å². The first kappa shape index (κ1) is 13.3. The van der Waals surface area contributed by atoms with Gasteiger partial charge in [-0.1, -0.05) is 48.8 Å². The number of rotatable bonds is 1. The van der Waals surface area contributed by atoms with Gasteiger partial charge < -0.3 is 0 Å². The molecule has 0 aliphatic carbocycles. The molecule has 0 aromatic heterocycles. The lowest BCUT2D eigenvalue weighted by Gasteiger charge is -2.02. The van der Waals surface area contributed by atoms with Gasteiger partial charge in [0, 0.05) is 5.02 Å². The Morgan fingerprint density at radius 1 is 1.25 bits per heavy atom. The molecule has 1 nitrogen and oxygen atoms in total. The number of benzene rings is 1. The Morgan fingerprint density at radius 3 is 2.50 bits per heavy atom. The lowest BCUT2D eigenvalue weighted by molar-refractivity contribution is 1.54. The van der Waals surface area contributed by atoms with E-state index in [2.05, 4.69) is 36.1 Å². The molecule has 0 amide bonds. The van der Waals surface area contributed by atoms with Gasteiger partial charge in [-0.3, -0.25) is 0 Å². The molecule has 0 aliphatic heterocycles. The van der Waals surface area contributed by atoms with Gasteiger partial charge in [0.25, 0.3) is 0 Å². The fraction of sp³-hybridized carbons (Fsp3) is 0.250. The molecular weight excluding hydrogens is 257 g/mol. The van der Waals surface area contributed by atoms with Crippen molar-refractivity contribution in [3.8, 4) is 11.5 Å². The van der Waals surface area contributed by atoms with E-state index in [1.54, 1.807) is 24.4 Å². The summed E-state index contributed by atoms with van der Waals surface area (Å²) in [5.41, 5.74) is 3.88. The minimum atomic E-state index is -1.32. The molecule has 0 atom stereocenters. The lowest BCUT2D eigenvalue weighted by atomic mass is 10.3. The SMILES string of the molecule is C[Si](C)(C)C#CC=Nc1ccc(Cl)cc1Cl. The van der Waals surface area contributed by atoms with Crippen LogP contribution in [0.3, 0.4) is 0 Å². The molecule has 16 heavy (non-hydrogen) atoms. The highest BCUT2D eigenvalue weighted by atomic mass is 35.5. The molecule has 84 valence electrons. The second-order valence-corrected chi connectivity index (χ2v) is 9.97. The largest absolute Gasteiger partial charge is 0.246 e. The average molecular weight is 270 g/mol. The number of halogens is 2. The van der Waals surface area contributed by atoms with Crippen molar-refractivity contribution in [2.24, 2.45) is 4.99 Å². The topological polar surface area (TPSA) is 12.4 Å². The Bertz CT molecular complexity index is 464. The first-order valence-corrected chi connectivity index (χ1v) is 9.14. The molecule has 0 saturated heterocycles. The Kier molecular flexibility index (Phi) is 4.61. The van der Waals surface area contributed by atoms with Crippen LogP contribution in [0, 0.1) is 11.5 Å². The van der Waals surface area contributed by atoms with Crippen LogP contribution in [0.25, 0.3) is 0 Å². The smallest absolute Gasteiger partial charge is 0.129 e. The van der Waals surface area contributed by atoms with E-state index < -0.39 is 8.07 Å². The summed E-state index contributed by atoms with van der Waals surface area (Å²) < 4.78 is 0. The summed E-state index contributed by atoms with van der Waals surface area (Å²) in [7, 11) is -1.32. The fourth-order valence-electron chi connectivity index (χ4n) is 0.937. The molecule has 1 aromatic carbocycles. The van der Waals surface area contributed by atoms with Crippen LogP contribution in [0.2, 0.25) is 29.7 Å². The van der Waals surface area contributed by atoms with Crippen molar-refractivity contribution in [2.45, 2.75) is 19.6 Å². The molecule has 0 aliphatic rings. The van der Waals surface area contributed by atoms with Crippen molar-refractivity contribution in [2.75, 3.05) is 0 Å². The van der Waals surface area contributed by atoms with Crippen LogP contribution in [0.5, 0.6) is 0 Å². The maximum absolute atomic E-state index is 5.96. The van der Waals surface area contributed by atoms with Crippen molar-refractivity contribution in [1.82, 2.24) is 0 Å². The molecule has 0 saturated carbocycles. The summed E-state index contributed by atoms with van der Waals surface area (Å²) in [6.07, 6.45) is 1.59. The van der Waals surface area contributed by atoms with Crippen molar-refractivity contribution in [1.29, 1.82) is 0 Å². The van der Waals surface area contributed by atoms with Crippen molar-refractivity contribution >= 4 is 43.2 Å². The van der Waals surface area contributed by atoms with E-state index in [1.165, 1.54) is 0 Å². The summed E-state index contributed by atoms with van der Waals surface area (Å²) in [5.74, 6) is 2.94. The van der Waals surface area contributed by atoms with E-state index in [4.69, 9.17) is 23.2 Å². The third kappa shape index (κ3) is 4.85. The van der Waals surface area contributed by atoms with Gasteiger partial charge in [0.15, 0.2) is 0 Å². The summed E-state index contributed by atoms with van der Waals surface area (Å²) in [6.45, 7) is 6.55. The highest BCUT2D eigenvalue weighted by Crippen LogP contribution is 2.27. The molecule has 0 bridgehead atoms. The van der Waals surface area contributed by atoms with Crippen LogP contribution in [-0.4, -0.2) is 14.3 Å². The van der Waals surface area contributed by atoms with Gasteiger partial charge in [0.05, 0.1) is 16.9 Å². The number of hydrogen-bond acceptors (Lipinski definition) is 1. The Labute approximate surface area is 108 Å². The van der Waals surface area contributed by atoms with E-state index in [-0.39, 0.29) is 0 Å². The average Bonchev–Trinajstić information content (AvgIpc) is 2.13. The van der Waals surface area contributed by atoms with E-state index in [9.17, 15) is 0 Å². The van der Waals surface area contributed by atoms with E-state index in [1.807, 2.05) is 0 Å². The molecule has 0 heterocycles. The summed E-state index contributed by atoms with van der Waals surface area (Å²) in [5, 5.41) is 1.15. The van der Waals surface area contributed by atoms with Crippen LogP contribution in [0.4, 0.5) is 5.69 Å². The highest BCUT2D eigenvalue weighted by molar-refractivity contribution is 6.84. The van der Waals surface area contributed by atoms with Crippen molar-refractivity contribution < 1.29 is 0 Å². The first-order valence-electron chi connectivity index (χ1n) is 4.89. The van der Waals surface area contributed by atoms with Gasteiger partial charge >= 0.3 is 0 Å². The maximum atomic E-state index is 5.96. The molecule has 0 radical (unpaired) electrons. The molecule has 0 spiro atoms. The number of aliphatic imine (C=N–C) groups is 1. The predicted octanol–water partition coefficient (Wildman–Crippen LogP) is 4.58. The Morgan fingerprint density at radius 2 is 1.94 bits per heavy atom. The zero-order chi connectivity index (χ0) is 12.2. The third-order valence-electron chi connectivity index (χ3n) is 1.63. The highest BCUT2D eigenvalue weighted by Gasteiger charge is 2.06. The van der Waals surface area contributed by atoms with E-state index in [0.29, 0.717) is 15.7 Å². The molecule has 0 fully saturated rings. The van der Waals surface area contributed by atoms with Gasteiger partial charge in [0.1, 0.15) is 8.07 Å². The Balaban J connectivity index is 2.80. The fourth-order valence-corrected chi connectivity index (χ4v) is 1.89. The third-order valence-corrected chi connectivity index (χ3v) is 3.06. The molecule has 0 unspecified atom stereocenters. The quantitative estimate of drug-likeness (QED) is 0.402. The summed E-state index contributed by atoms with van der Waals surface area (Å²) in [4.78, 5) is 4.18. The monoisotopic (exact) mass is 269 g/mol. The molecule has 1 rings (SSSR count). The van der Waals surface area contributed by atoms with Crippen LogP contribution in [0.15, 0.2) is 23.2 Å². The van der Waals surface area contributed by atoms with E-state index >= 15 is 0 Å². The standard InChI is InChI=1S/C12H13Cl2NSi/c1-16(2,3)8-4-7-15-12-6-5-10(13)9-11(12)14/h5-7,9H,1-3H3. The Hall–Kier alpha value is -0.753. The maximum Gasteiger partial charge on any atom is 0.129 e. The zero-order valence-electron chi connectivity index (χ0n) is 9.51. The minimum Gasteiger partial charge on any atom is -0.246 e. The second kappa shape index (κ2) is 5.54. The zero-order valence-corrected chi connectivity index (χ0v) is 12.0. The molecule has 1 aromatic rings. The normalized spacial score (nSPS) is 11.3. The minimum absolute atomic E-state index is 0.540. The predicted molar refractivity (Wildman–Crippen MR) is 75.7 cm³/mol. The van der Waals surface area contributed by atoms with Gasteiger partial charge in [-0.2, -0.15) is 0 Å². The number of nitrogens with zero attached hydrogens (tertiary/aromatic N) is 1. The lowest BCUT2D eigenvalue weighted by Crippen LogP contribution is -2.16. The van der Waals surface area contributed by atoms with E-state index in [0.717, 1.165) is 0 Å². The van der Waals surface area contributed by atoms with Crippen LogP contribution >= 0.6 is 23.2 Å². The van der Waals surface area contributed by atoms with Gasteiger partial charge in [-0.15, -0.1) is 5.54 Å². The van der Waals surface area contributed by atoms with Crippen LogP contribution in [-0.2, 0) is 0 Å². The molecule has 0 N–H and O–H groups in total. The van der Waals surface area contributed by atoms with Gasteiger partial charge in [0.2, 0.25) is 0 Å². The van der Waals surface area contributed by atoms with Crippen LogP contribution < -0.4 is 0 Å².